The van der Waals surface area contributed by atoms with Gasteiger partial charge in [0.25, 0.3) is 0 Å². The van der Waals surface area contributed by atoms with E-state index in [0.717, 1.165) is 5.56 Å². The van der Waals surface area contributed by atoms with Crippen LogP contribution in [0.4, 0.5) is 0 Å². The van der Waals surface area contributed by atoms with E-state index < -0.39 is 47.9 Å². The average molecular weight is 506 g/mol. The van der Waals surface area contributed by atoms with Gasteiger partial charge in [-0.15, -0.1) is 0 Å². The van der Waals surface area contributed by atoms with Gasteiger partial charge in [-0.3, -0.25) is 19.4 Å². The lowest BCUT2D eigenvalue weighted by Gasteiger charge is -2.24. The predicted octanol–water partition coefficient (Wildman–Crippen LogP) is -0.785. The fourth-order valence-corrected chi connectivity index (χ4v) is 3.39. The summed E-state index contributed by atoms with van der Waals surface area (Å²) in [7, 11) is 0. The monoisotopic (exact) mass is 505 g/mol. The Morgan fingerprint density at radius 1 is 0.917 bits per heavy atom. The van der Waals surface area contributed by atoms with Crippen molar-refractivity contribution >= 4 is 29.7 Å². The Kier molecular flexibility index (Phi) is 12.9. The van der Waals surface area contributed by atoms with Gasteiger partial charge < -0.3 is 38.3 Å². The van der Waals surface area contributed by atoms with E-state index in [-0.39, 0.29) is 31.3 Å². The van der Waals surface area contributed by atoms with Crippen molar-refractivity contribution < 1.29 is 24.3 Å². The Bertz CT molecular complexity index is 903. The number of nitrogens with one attached hydrogen (secondary N) is 3. The molecule has 0 radical (unpaired) electrons. The number of nitrogens with zero attached hydrogens (tertiary/aromatic N) is 1. The van der Waals surface area contributed by atoms with Gasteiger partial charge in [0, 0.05) is 13.0 Å². The Hall–Kier alpha value is -3.67. The molecule has 1 aromatic carbocycles. The van der Waals surface area contributed by atoms with E-state index in [4.69, 9.17) is 17.2 Å². The van der Waals surface area contributed by atoms with Crippen LogP contribution in [0.3, 0.4) is 0 Å². The van der Waals surface area contributed by atoms with Crippen LogP contribution in [0.2, 0.25) is 0 Å². The highest BCUT2D eigenvalue weighted by atomic mass is 16.4. The van der Waals surface area contributed by atoms with Crippen molar-refractivity contribution in [3.05, 3.63) is 35.9 Å². The smallest absolute Gasteiger partial charge is 0.326 e. The van der Waals surface area contributed by atoms with Gasteiger partial charge in [0.2, 0.25) is 17.7 Å². The molecular formula is C24H39N7O5. The molecule has 4 unspecified atom stereocenters. The number of hydrogen-bond donors (Lipinski definition) is 7. The number of benzene rings is 1. The van der Waals surface area contributed by atoms with Gasteiger partial charge in [-0.1, -0.05) is 44.2 Å². The zero-order valence-corrected chi connectivity index (χ0v) is 21.1. The molecule has 1 rings (SSSR count). The number of carboxylic acid groups (broad SMARTS) is 1. The fraction of sp³-hybridized carbons (Fsp3) is 0.542. The molecule has 0 aromatic heterocycles. The lowest BCUT2D eigenvalue weighted by molar-refractivity contribution is -0.142. The number of aliphatic imine (C=N–C) groups is 1. The fourth-order valence-electron chi connectivity index (χ4n) is 3.39. The van der Waals surface area contributed by atoms with Crippen LogP contribution in [0.1, 0.15) is 45.6 Å². The zero-order chi connectivity index (χ0) is 27.3. The number of amides is 3. The topological polar surface area (TPSA) is 215 Å². The first-order valence-corrected chi connectivity index (χ1v) is 11.9. The summed E-state index contributed by atoms with van der Waals surface area (Å²) >= 11 is 0. The number of rotatable bonds is 15. The SMILES string of the molecule is CC(C)CC(N)C(=O)NC(C)C(=O)NC(Cc1ccccc1)C(=O)NC(CCCN=C(N)N)C(=O)O. The Morgan fingerprint density at radius 2 is 1.53 bits per heavy atom. The van der Waals surface area contributed by atoms with E-state index >= 15 is 0 Å². The summed E-state index contributed by atoms with van der Waals surface area (Å²) in [6.07, 6.45) is 0.986. The molecule has 10 N–H and O–H groups in total. The van der Waals surface area contributed by atoms with E-state index in [1.54, 1.807) is 24.3 Å². The van der Waals surface area contributed by atoms with Crippen molar-refractivity contribution in [2.24, 2.45) is 28.1 Å². The Balaban J connectivity index is 2.91. The van der Waals surface area contributed by atoms with Crippen molar-refractivity contribution in [2.45, 2.75) is 70.6 Å². The summed E-state index contributed by atoms with van der Waals surface area (Å²) in [4.78, 5) is 53.7. The molecular weight excluding hydrogens is 466 g/mol. The highest BCUT2D eigenvalue weighted by Crippen LogP contribution is 2.07. The van der Waals surface area contributed by atoms with Crippen LogP contribution in [-0.2, 0) is 25.6 Å². The first-order chi connectivity index (χ1) is 16.9. The van der Waals surface area contributed by atoms with Crippen LogP contribution in [0.25, 0.3) is 0 Å². The molecule has 0 fully saturated rings. The maximum atomic E-state index is 13.0. The van der Waals surface area contributed by atoms with Crippen molar-refractivity contribution in [1.82, 2.24) is 16.0 Å². The van der Waals surface area contributed by atoms with Gasteiger partial charge in [-0.05, 0) is 37.7 Å². The molecule has 4 atom stereocenters. The minimum Gasteiger partial charge on any atom is -0.480 e. The number of guanidine groups is 1. The molecule has 12 heteroatoms. The van der Waals surface area contributed by atoms with Crippen LogP contribution in [0, 0.1) is 5.92 Å². The van der Waals surface area contributed by atoms with Crippen molar-refractivity contribution in [2.75, 3.05) is 6.54 Å². The Morgan fingerprint density at radius 3 is 2.08 bits per heavy atom. The Labute approximate surface area is 211 Å². The lowest BCUT2D eigenvalue weighted by atomic mass is 10.0. The normalized spacial score (nSPS) is 14.1. The predicted molar refractivity (Wildman–Crippen MR) is 137 cm³/mol. The molecule has 0 spiro atoms. The minimum atomic E-state index is -1.22. The lowest BCUT2D eigenvalue weighted by Crippen LogP contribution is -2.57. The third kappa shape index (κ3) is 11.6. The van der Waals surface area contributed by atoms with Gasteiger partial charge in [0.15, 0.2) is 5.96 Å². The number of carboxylic acids is 1. The molecule has 1 aromatic rings. The standard InChI is InChI=1S/C24H39N7O5/c1-14(2)12-17(25)21(33)29-15(3)20(32)31-19(13-16-8-5-4-6-9-16)22(34)30-18(23(35)36)10-7-11-28-24(26)27/h4-6,8-9,14-15,17-19H,7,10-13,25H2,1-3H3,(H,29,33)(H,30,34)(H,31,32)(H,35,36)(H4,26,27,28). The van der Waals surface area contributed by atoms with Crippen molar-refractivity contribution in [1.29, 1.82) is 0 Å². The summed E-state index contributed by atoms with van der Waals surface area (Å²) in [5.74, 6) is -2.87. The van der Waals surface area contributed by atoms with E-state index in [9.17, 15) is 24.3 Å². The summed E-state index contributed by atoms with van der Waals surface area (Å²) in [5, 5.41) is 17.2. The second-order valence-electron chi connectivity index (χ2n) is 9.07. The summed E-state index contributed by atoms with van der Waals surface area (Å²) in [5.41, 5.74) is 17.2. The van der Waals surface area contributed by atoms with E-state index in [0.29, 0.717) is 12.8 Å². The molecule has 0 aliphatic carbocycles. The van der Waals surface area contributed by atoms with Crippen LogP contribution in [0.15, 0.2) is 35.3 Å². The van der Waals surface area contributed by atoms with Crippen LogP contribution < -0.4 is 33.2 Å². The van der Waals surface area contributed by atoms with Crippen LogP contribution >= 0.6 is 0 Å². The van der Waals surface area contributed by atoms with Crippen LogP contribution in [0.5, 0.6) is 0 Å². The van der Waals surface area contributed by atoms with Gasteiger partial charge >= 0.3 is 5.97 Å². The highest BCUT2D eigenvalue weighted by molar-refractivity contribution is 5.94. The van der Waals surface area contributed by atoms with Crippen molar-refractivity contribution in [3.63, 3.8) is 0 Å². The molecule has 0 saturated carbocycles. The maximum Gasteiger partial charge on any atom is 0.326 e. The molecule has 0 aliphatic heterocycles. The third-order valence-electron chi connectivity index (χ3n) is 5.29. The summed E-state index contributed by atoms with van der Waals surface area (Å²) in [6, 6.07) is 4.95. The minimum absolute atomic E-state index is 0.0874. The molecule has 0 saturated heterocycles. The number of carbonyl (C=O) groups excluding carboxylic acids is 3. The van der Waals surface area contributed by atoms with E-state index in [1.165, 1.54) is 6.92 Å². The molecule has 0 heterocycles. The number of aliphatic carboxylic acids is 1. The molecule has 0 aliphatic rings. The number of hydrogen-bond acceptors (Lipinski definition) is 6. The maximum absolute atomic E-state index is 13.0. The number of nitrogens with two attached hydrogens (primary N) is 3. The molecule has 0 bridgehead atoms. The number of carbonyl (C=O) groups is 4. The zero-order valence-electron chi connectivity index (χ0n) is 21.1. The molecule has 3 amide bonds. The van der Waals surface area contributed by atoms with Gasteiger partial charge in [-0.2, -0.15) is 0 Å². The summed E-state index contributed by atoms with van der Waals surface area (Å²) in [6.45, 7) is 5.56. The third-order valence-corrected chi connectivity index (χ3v) is 5.29. The first-order valence-electron chi connectivity index (χ1n) is 11.9. The molecule has 12 nitrogen and oxygen atoms in total. The first kappa shape index (κ1) is 30.4. The average Bonchev–Trinajstić information content (AvgIpc) is 2.80. The van der Waals surface area contributed by atoms with E-state index in [1.807, 2.05) is 19.9 Å². The van der Waals surface area contributed by atoms with Gasteiger partial charge in [0.1, 0.15) is 18.1 Å². The van der Waals surface area contributed by atoms with Crippen LogP contribution in [-0.4, -0.2) is 65.5 Å². The van der Waals surface area contributed by atoms with E-state index in [2.05, 4.69) is 20.9 Å². The van der Waals surface area contributed by atoms with Gasteiger partial charge in [-0.25, -0.2) is 4.79 Å². The highest BCUT2D eigenvalue weighted by Gasteiger charge is 2.29. The van der Waals surface area contributed by atoms with Gasteiger partial charge in [0.05, 0.1) is 6.04 Å². The summed E-state index contributed by atoms with van der Waals surface area (Å²) < 4.78 is 0. The molecule has 36 heavy (non-hydrogen) atoms. The largest absolute Gasteiger partial charge is 0.480 e. The second kappa shape index (κ2) is 15.4. The quantitative estimate of drug-likeness (QED) is 0.0908. The molecule has 200 valence electrons. The van der Waals surface area contributed by atoms with Crippen molar-refractivity contribution in [3.8, 4) is 0 Å². The second-order valence-corrected chi connectivity index (χ2v) is 9.07.